The molecule has 10 heteroatoms. The van der Waals surface area contributed by atoms with Crippen LogP contribution in [-0.2, 0) is 4.74 Å². The number of hydrogen-bond donors (Lipinski definition) is 0. The molecule has 2 atom stereocenters. The van der Waals surface area contributed by atoms with Crippen molar-refractivity contribution in [3.63, 3.8) is 0 Å². The van der Waals surface area contributed by atoms with Crippen LogP contribution in [0.4, 0.5) is 9.18 Å². The molecule has 0 radical (unpaired) electrons. The maximum Gasteiger partial charge on any atom is 0.410 e. The van der Waals surface area contributed by atoms with Crippen LogP contribution >= 0.6 is 23.4 Å². The van der Waals surface area contributed by atoms with Crippen molar-refractivity contribution in [1.29, 1.82) is 0 Å². The fourth-order valence-electron chi connectivity index (χ4n) is 4.37. The zero-order valence-electron chi connectivity index (χ0n) is 20.6. The van der Waals surface area contributed by atoms with E-state index in [0.29, 0.717) is 41.5 Å². The van der Waals surface area contributed by atoms with Crippen molar-refractivity contribution >= 4 is 29.5 Å². The Bertz CT molecular complexity index is 1330. The van der Waals surface area contributed by atoms with Gasteiger partial charge in [-0.1, -0.05) is 29.4 Å². The average molecular weight is 531 g/mol. The molecule has 1 amide bonds. The number of amides is 1. The highest BCUT2D eigenvalue weighted by atomic mass is 35.5. The number of halogens is 2. The fourth-order valence-corrected chi connectivity index (χ4v) is 4.85. The zero-order valence-corrected chi connectivity index (χ0v) is 22.1. The molecule has 3 aromatic rings. The molecule has 1 saturated heterocycles. The molecule has 1 unspecified atom stereocenters. The largest absolute Gasteiger partial charge is 0.444 e. The molecule has 0 bridgehead atoms. The Hall–Kier alpha value is -2.91. The molecule has 190 valence electrons. The van der Waals surface area contributed by atoms with Crippen LogP contribution in [0.1, 0.15) is 38.8 Å². The summed E-state index contributed by atoms with van der Waals surface area (Å²) >= 11 is 7.35. The number of carbonyl (C=O) groups excluding carboxylic acids is 1. The summed E-state index contributed by atoms with van der Waals surface area (Å²) in [5.74, 6) is -0.694. The quantitative estimate of drug-likeness (QED) is 0.312. The van der Waals surface area contributed by atoms with Gasteiger partial charge in [0.2, 0.25) is 0 Å². The van der Waals surface area contributed by atoms with E-state index in [4.69, 9.17) is 16.3 Å². The molecule has 3 heterocycles. The van der Waals surface area contributed by atoms with E-state index >= 15 is 0 Å². The zero-order chi connectivity index (χ0) is 26.0. The number of aromatic nitrogens is 3. The Morgan fingerprint density at radius 3 is 2.69 bits per heavy atom. The number of carbonyl (C=O) groups is 1. The molecule has 0 N–H and O–H groups in total. The lowest BCUT2D eigenvalue weighted by atomic mass is 9.91. The molecule has 36 heavy (non-hydrogen) atoms. The number of nitrogens with zero attached hydrogens (tertiary/aromatic N) is 4. The minimum atomic E-state index is -0.613. The molecule has 1 fully saturated rings. The van der Waals surface area contributed by atoms with E-state index in [1.54, 1.807) is 34.0 Å². The Kier molecular flexibility index (Phi) is 7.70. The number of thioether (sulfide) groups is 1. The van der Waals surface area contributed by atoms with Crippen molar-refractivity contribution in [1.82, 2.24) is 19.4 Å². The van der Waals surface area contributed by atoms with Gasteiger partial charge in [-0.15, -0.1) is 0 Å². The number of benzene rings is 1. The third-order valence-electron chi connectivity index (χ3n) is 5.97. The molecule has 1 aliphatic rings. The van der Waals surface area contributed by atoms with Crippen LogP contribution in [0.25, 0.3) is 11.3 Å². The van der Waals surface area contributed by atoms with Crippen molar-refractivity contribution < 1.29 is 13.9 Å². The van der Waals surface area contributed by atoms with Crippen LogP contribution in [0, 0.1) is 11.7 Å². The maximum absolute atomic E-state index is 14.5. The second kappa shape index (κ2) is 10.6. The van der Waals surface area contributed by atoms with E-state index in [9.17, 15) is 14.0 Å². The lowest BCUT2D eigenvalue weighted by molar-refractivity contribution is 0.0285. The van der Waals surface area contributed by atoms with Gasteiger partial charge in [-0.3, -0.25) is 4.79 Å². The highest BCUT2D eigenvalue weighted by Gasteiger charge is 2.36. The molecular weight excluding hydrogens is 503 g/mol. The summed E-state index contributed by atoms with van der Waals surface area (Å²) in [6.07, 6.45) is 5.47. The number of likely N-dealkylation sites (tertiary alicyclic amines) is 1. The first-order chi connectivity index (χ1) is 17.1. The smallest absolute Gasteiger partial charge is 0.410 e. The van der Waals surface area contributed by atoms with Gasteiger partial charge in [0.1, 0.15) is 11.4 Å². The first kappa shape index (κ1) is 26.2. The number of pyridine rings is 1. The average Bonchev–Trinajstić information content (AvgIpc) is 3.31. The summed E-state index contributed by atoms with van der Waals surface area (Å²) in [6, 6.07) is 9.16. The molecule has 1 aliphatic heterocycles. The SMILES string of the molecule is CSc1nccc(-c2ccn([C@H](c3ccc(Cl)c(F)c3)C3CCN(C(=O)OC(C)(C)C)C3)c(=O)c2)n1. The van der Waals surface area contributed by atoms with E-state index in [2.05, 4.69) is 9.97 Å². The molecule has 0 saturated carbocycles. The third kappa shape index (κ3) is 5.90. The van der Waals surface area contributed by atoms with Gasteiger partial charge in [0.25, 0.3) is 5.56 Å². The van der Waals surface area contributed by atoms with Crippen molar-refractivity contribution in [2.45, 2.75) is 44.0 Å². The molecule has 2 aromatic heterocycles. The van der Waals surface area contributed by atoms with E-state index in [0.717, 1.165) is 0 Å². The van der Waals surface area contributed by atoms with Crippen LogP contribution in [0.3, 0.4) is 0 Å². The van der Waals surface area contributed by atoms with Gasteiger partial charge in [0.15, 0.2) is 5.16 Å². The van der Waals surface area contributed by atoms with Crippen molar-refractivity contribution in [2.75, 3.05) is 19.3 Å². The monoisotopic (exact) mass is 530 g/mol. The Morgan fingerprint density at radius 1 is 1.25 bits per heavy atom. The summed E-state index contributed by atoms with van der Waals surface area (Å²) in [5.41, 5.74) is 1.04. The van der Waals surface area contributed by atoms with Gasteiger partial charge in [-0.05, 0) is 63.3 Å². The Balaban J connectivity index is 1.70. The molecule has 7 nitrogen and oxygen atoms in total. The Morgan fingerprint density at radius 2 is 2.03 bits per heavy atom. The summed E-state index contributed by atoms with van der Waals surface area (Å²) in [4.78, 5) is 36.3. The highest BCUT2D eigenvalue weighted by molar-refractivity contribution is 7.98. The van der Waals surface area contributed by atoms with Gasteiger partial charge in [0.05, 0.1) is 16.8 Å². The second-order valence-electron chi connectivity index (χ2n) is 9.68. The van der Waals surface area contributed by atoms with E-state index in [1.165, 1.54) is 30.0 Å². The highest BCUT2D eigenvalue weighted by Crippen LogP contribution is 2.35. The van der Waals surface area contributed by atoms with Crippen LogP contribution < -0.4 is 5.56 Å². The van der Waals surface area contributed by atoms with Gasteiger partial charge >= 0.3 is 6.09 Å². The number of hydrogen-bond acceptors (Lipinski definition) is 6. The van der Waals surface area contributed by atoms with Crippen LogP contribution in [0.15, 0.2) is 58.7 Å². The predicted octanol–water partition coefficient (Wildman–Crippen LogP) is 5.67. The van der Waals surface area contributed by atoms with Gasteiger partial charge in [-0.2, -0.15) is 0 Å². The van der Waals surface area contributed by atoms with Crippen LogP contribution in [0.5, 0.6) is 0 Å². The predicted molar refractivity (Wildman–Crippen MR) is 139 cm³/mol. The molecule has 4 rings (SSSR count). The minimum absolute atomic E-state index is 0.00959. The van der Waals surface area contributed by atoms with Crippen LogP contribution in [0.2, 0.25) is 5.02 Å². The third-order valence-corrected chi connectivity index (χ3v) is 6.84. The number of ether oxygens (including phenoxy) is 1. The molecular formula is C26H28ClFN4O3S. The topological polar surface area (TPSA) is 77.3 Å². The van der Waals surface area contributed by atoms with Gasteiger partial charge < -0.3 is 14.2 Å². The molecule has 1 aromatic carbocycles. The summed E-state index contributed by atoms with van der Waals surface area (Å²) in [5, 5.41) is 0.620. The standard InChI is InChI=1S/C26H28ClFN4O3S/c1-26(2,3)35-25(34)31-11-8-18(15-31)23(17-5-6-19(27)20(28)13-17)32-12-9-16(14-22(32)33)21-7-10-29-24(30-21)36-4/h5-7,9-10,12-14,18,23H,8,11,15H2,1-4H3/t18?,23-/m1/s1. The summed E-state index contributed by atoms with van der Waals surface area (Å²) in [7, 11) is 0. The normalized spacial score (nSPS) is 16.7. The van der Waals surface area contributed by atoms with E-state index in [-0.39, 0.29) is 16.5 Å². The summed E-state index contributed by atoms with van der Waals surface area (Å²) in [6.45, 7) is 6.31. The first-order valence-corrected chi connectivity index (χ1v) is 13.2. The first-order valence-electron chi connectivity index (χ1n) is 11.6. The molecule has 0 aliphatic carbocycles. The molecule has 0 spiro atoms. The number of rotatable bonds is 5. The second-order valence-corrected chi connectivity index (χ2v) is 10.9. The van der Waals surface area contributed by atoms with E-state index in [1.807, 2.05) is 33.1 Å². The Labute approximate surface area is 218 Å². The van der Waals surface area contributed by atoms with Crippen molar-refractivity contribution in [3.8, 4) is 11.3 Å². The van der Waals surface area contributed by atoms with E-state index < -0.39 is 23.6 Å². The summed E-state index contributed by atoms with van der Waals surface area (Å²) < 4.78 is 21.6. The fraction of sp³-hybridized carbons (Fsp3) is 0.385. The van der Waals surface area contributed by atoms with Gasteiger partial charge in [-0.25, -0.2) is 19.2 Å². The van der Waals surface area contributed by atoms with Crippen molar-refractivity contribution in [2.24, 2.45) is 5.92 Å². The lowest BCUT2D eigenvalue weighted by Gasteiger charge is -2.28. The minimum Gasteiger partial charge on any atom is -0.444 e. The lowest BCUT2D eigenvalue weighted by Crippen LogP contribution is -2.37. The van der Waals surface area contributed by atoms with Crippen molar-refractivity contribution in [3.05, 3.63) is 75.5 Å². The maximum atomic E-state index is 14.5. The van der Waals surface area contributed by atoms with Crippen LogP contribution in [-0.4, -0.2) is 50.5 Å². The van der Waals surface area contributed by atoms with Gasteiger partial charge in [0, 0.05) is 43.0 Å².